The van der Waals surface area contributed by atoms with Crippen molar-refractivity contribution in [2.45, 2.75) is 37.6 Å². The summed E-state index contributed by atoms with van der Waals surface area (Å²) in [7, 11) is 1.60. The lowest BCUT2D eigenvalue weighted by molar-refractivity contribution is -0.165. The van der Waals surface area contributed by atoms with Crippen LogP contribution < -0.4 is 10.1 Å². The van der Waals surface area contributed by atoms with Crippen molar-refractivity contribution in [1.29, 1.82) is 0 Å². The second-order valence-electron chi connectivity index (χ2n) is 6.74. The van der Waals surface area contributed by atoms with Crippen LogP contribution in [0, 0.1) is 0 Å². The zero-order valence-electron chi connectivity index (χ0n) is 15.1. The van der Waals surface area contributed by atoms with Gasteiger partial charge >= 0.3 is 0 Å². The number of hydrogen-bond donors (Lipinski definition) is 2. The molecule has 27 heavy (non-hydrogen) atoms. The number of nitrogens with one attached hydrogen (secondary N) is 2. The number of nitrogens with zero attached hydrogens (tertiary/aromatic N) is 2. The van der Waals surface area contributed by atoms with E-state index in [9.17, 15) is 9.59 Å². The van der Waals surface area contributed by atoms with Crippen molar-refractivity contribution in [3.8, 4) is 5.75 Å². The number of benzene rings is 1. The smallest absolute Gasteiger partial charge is 0.252 e. The molecule has 8 nitrogen and oxygen atoms in total. The zero-order valence-corrected chi connectivity index (χ0v) is 15.1. The average molecular weight is 370 g/mol. The van der Waals surface area contributed by atoms with Crippen molar-refractivity contribution in [1.82, 2.24) is 20.2 Å². The topological polar surface area (TPSA) is 96.5 Å². The second kappa shape index (κ2) is 7.40. The van der Waals surface area contributed by atoms with Crippen molar-refractivity contribution in [3.63, 3.8) is 0 Å². The number of aromatic amines is 1. The van der Waals surface area contributed by atoms with E-state index in [1.165, 1.54) is 0 Å². The van der Waals surface area contributed by atoms with Crippen LogP contribution in [0.15, 0.2) is 36.7 Å². The number of amides is 2. The van der Waals surface area contributed by atoms with Gasteiger partial charge in [0.1, 0.15) is 18.2 Å². The van der Waals surface area contributed by atoms with Crippen LogP contribution in [0.5, 0.6) is 5.75 Å². The SMILES string of the molecule is COc1ccc([C@@H]2[C@@H](C(=O)NCc3ncc[nH]3)OCC(=O)N2C2CC2)cc1. The van der Waals surface area contributed by atoms with Gasteiger partial charge in [0.15, 0.2) is 6.10 Å². The number of morpholine rings is 1. The number of H-pyrrole nitrogens is 1. The highest BCUT2D eigenvalue weighted by Gasteiger charge is 2.47. The first kappa shape index (κ1) is 17.5. The monoisotopic (exact) mass is 370 g/mol. The van der Waals surface area contributed by atoms with Crippen LogP contribution in [-0.4, -0.2) is 52.5 Å². The fourth-order valence-corrected chi connectivity index (χ4v) is 3.43. The summed E-state index contributed by atoms with van der Waals surface area (Å²) in [6.07, 6.45) is 4.48. The van der Waals surface area contributed by atoms with Gasteiger partial charge in [-0.2, -0.15) is 0 Å². The minimum absolute atomic E-state index is 0.0756. The van der Waals surface area contributed by atoms with E-state index in [4.69, 9.17) is 9.47 Å². The largest absolute Gasteiger partial charge is 0.497 e. The number of imidazole rings is 1. The number of ether oxygens (including phenoxy) is 2. The summed E-state index contributed by atoms with van der Waals surface area (Å²) in [4.78, 5) is 34.3. The van der Waals surface area contributed by atoms with Crippen molar-refractivity contribution < 1.29 is 19.1 Å². The average Bonchev–Trinajstić information content (AvgIpc) is 3.40. The van der Waals surface area contributed by atoms with E-state index >= 15 is 0 Å². The summed E-state index contributed by atoms with van der Waals surface area (Å²) in [5.41, 5.74) is 0.855. The first-order valence-electron chi connectivity index (χ1n) is 9.00. The summed E-state index contributed by atoms with van der Waals surface area (Å²) in [6, 6.07) is 7.14. The number of carbonyl (C=O) groups excluding carboxylic acids is 2. The highest BCUT2D eigenvalue weighted by Crippen LogP contribution is 2.39. The quantitative estimate of drug-likeness (QED) is 0.796. The van der Waals surface area contributed by atoms with Gasteiger partial charge in [-0.3, -0.25) is 9.59 Å². The molecule has 0 unspecified atom stereocenters. The third kappa shape index (κ3) is 3.66. The van der Waals surface area contributed by atoms with Crippen molar-refractivity contribution in [3.05, 3.63) is 48.0 Å². The Bertz CT molecular complexity index is 802. The highest BCUT2D eigenvalue weighted by atomic mass is 16.5. The third-order valence-electron chi connectivity index (χ3n) is 4.90. The maximum absolute atomic E-state index is 12.9. The predicted octanol–water partition coefficient (Wildman–Crippen LogP) is 1.17. The number of carbonyl (C=O) groups is 2. The van der Waals surface area contributed by atoms with Gasteiger partial charge in [-0.15, -0.1) is 0 Å². The standard InChI is InChI=1S/C19H22N4O4/c1-26-14-6-2-12(3-7-14)17-18(19(25)22-10-15-20-8-9-21-15)27-11-16(24)23(17)13-4-5-13/h2-3,6-9,13,17-18H,4-5,10-11H2,1H3,(H,20,21)(H,22,25)/t17-,18+/m1/s1. The van der Waals surface area contributed by atoms with E-state index in [0.29, 0.717) is 5.82 Å². The zero-order chi connectivity index (χ0) is 18.8. The fraction of sp³-hybridized carbons (Fsp3) is 0.421. The van der Waals surface area contributed by atoms with Crippen LogP contribution in [0.4, 0.5) is 0 Å². The highest BCUT2D eigenvalue weighted by molar-refractivity contribution is 5.86. The molecular weight excluding hydrogens is 348 g/mol. The molecule has 142 valence electrons. The molecular formula is C19H22N4O4. The van der Waals surface area contributed by atoms with Crippen molar-refractivity contribution in [2.75, 3.05) is 13.7 Å². The minimum atomic E-state index is -0.772. The first-order chi connectivity index (χ1) is 13.2. The molecule has 2 heterocycles. The van der Waals surface area contributed by atoms with E-state index in [1.807, 2.05) is 29.2 Å². The molecule has 8 heteroatoms. The van der Waals surface area contributed by atoms with Gasteiger partial charge in [0.05, 0.1) is 19.7 Å². The molecule has 1 aliphatic carbocycles. The fourth-order valence-electron chi connectivity index (χ4n) is 3.43. The molecule has 2 amide bonds. The molecule has 0 bridgehead atoms. The summed E-state index contributed by atoms with van der Waals surface area (Å²) in [6.45, 7) is 0.195. The molecule has 0 spiro atoms. The molecule has 0 radical (unpaired) electrons. The molecule has 2 fully saturated rings. The molecule has 4 rings (SSSR count). The van der Waals surface area contributed by atoms with E-state index in [0.717, 1.165) is 24.2 Å². The molecule has 2 aromatic rings. The Labute approximate surface area is 156 Å². The van der Waals surface area contributed by atoms with Gasteiger partial charge < -0.3 is 24.7 Å². The summed E-state index contributed by atoms with van der Waals surface area (Å²) < 4.78 is 10.9. The van der Waals surface area contributed by atoms with E-state index in [1.54, 1.807) is 19.5 Å². The summed E-state index contributed by atoms with van der Waals surface area (Å²) in [5.74, 6) is 1.05. The van der Waals surface area contributed by atoms with Crippen LogP contribution in [0.25, 0.3) is 0 Å². The number of rotatable bonds is 6. The predicted molar refractivity (Wildman–Crippen MR) is 95.8 cm³/mol. The molecule has 1 aromatic heterocycles. The molecule has 1 aromatic carbocycles. The molecule has 1 saturated carbocycles. The Balaban J connectivity index is 1.58. The van der Waals surface area contributed by atoms with Gasteiger partial charge in [0, 0.05) is 18.4 Å². The van der Waals surface area contributed by atoms with E-state index in [-0.39, 0.29) is 31.0 Å². The maximum Gasteiger partial charge on any atom is 0.252 e. The van der Waals surface area contributed by atoms with Gasteiger partial charge in [-0.25, -0.2) is 4.98 Å². The minimum Gasteiger partial charge on any atom is -0.497 e. The van der Waals surface area contributed by atoms with E-state index < -0.39 is 12.1 Å². The lowest BCUT2D eigenvalue weighted by Gasteiger charge is -2.40. The van der Waals surface area contributed by atoms with Crippen molar-refractivity contribution in [2.24, 2.45) is 0 Å². The molecule has 1 saturated heterocycles. The van der Waals surface area contributed by atoms with Crippen LogP contribution >= 0.6 is 0 Å². The van der Waals surface area contributed by atoms with Crippen LogP contribution in [0.1, 0.15) is 30.3 Å². The second-order valence-corrected chi connectivity index (χ2v) is 6.74. The van der Waals surface area contributed by atoms with Crippen LogP contribution in [0.3, 0.4) is 0 Å². The number of aromatic nitrogens is 2. The van der Waals surface area contributed by atoms with Crippen molar-refractivity contribution >= 4 is 11.8 Å². The van der Waals surface area contributed by atoms with Crippen LogP contribution in [0.2, 0.25) is 0 Å². The lowest BCUT2D eigenvalue weighted by atomic mass is 9.96. The Morgan fingerprint density at radius 1 is 1.37 bits per heavy atom. The molecule has 2 N–H and O–H groups in total. The molecule has 1 aliphatic heterocycles. The summed E-state index contributed by atoms with van der Waals surface area (Å²) >= 11 is 0. The Morgan fingerprint density at radius 3 is 2.78 bits per heavy atom. The third-order valence-corrected chi connectivity index (χ3v) is 4.90. The first-order valence-corrected chi connectivity index (χ1v) is 9.00. The molecule has 2 aliphatic rings. The van der Waals surface area contributed by atoms with Crippen LogP contribution in [-0.2, 0) is 20.9 Å². The van der Waals surface area contributed by atoms with E-state index in [2.05, 4.69) is 15.3 Å². The Morgan fingerprint density at radius 2 is 2.15 bits per heavy atom. The normalized spacial score (nSPS) is 22.6. The molecule has 2 atom stereocenters. The maximum atomic E-state index is 12.9. The lowest BCUT2D eigenvalue weighted by Crippen LogP contribution is -2.55. The van der Waals surface area contributed by atoms with Gasteiger partial charge in [0.25, 0.3) is 5.91 Å². The van der Waals surface area contributed by atoms with Gasteiger partial charge in [-0.1, -0.05) is 12.1 Å². The van der Waals surface area contributed by atoms with Gasteiger partial charge in [0.2, 0.25) is 5.91 Å². The Kier molecular flexibility index (Phi) is 4.81. The Hall–Kier alpha value is -2.87. The number of methoxy groups -OCH3 is 1. The number of hydrogen-bond acceptors (Lipinski definition) is 5. The summed E-state index contributed by atoms with van der Waals surface area (Å²) in [5, 5.41) is 2.85. The van der Waals surface area contributed by atoms with Gasteiger partial charge in [-0.05, 0) is 30.5 Å².